The standard InChI is InChI=1S/C18H14F3NO2/c1-2-24-13-6-3-11(4-7-13)17-15(10-23)14-9-12(18(19,20)21)5-8-16(14)22-17/h3-10,22H,2H2,1H3. The average molecular weight is 333 g/mol. The van der Waals surface area contributed by atoms with Crippen LogP contribution in [0.4, 0.5) is 13.2 Å². The Morgan fingerprint density at radius 1 is 1.12 bits per heavy atom. The minimum Gasteiger partial charge on any atom is -0.494 e. The van der Waals surface area contributed by atoms with Crippen molar-refractivity contribution in [3.05, 3.63) is 53.6 Å². The molecule has 3 aromatic rings. The maximum absolute atomic E-state index is 12.9. The molecule has 1 heterocycles. The Morgan fingerprint density at radius 2 is 1.83 bits per heavy atom. The summed E-state index contributed by atoms with van der Waals surface area (Å²) in [7, 11) is 0. The lowest BCUT2D eigenvalue weighted by molar-refractivity contribution is -0.137. The fourth-order valence-electron chi connectivity index (χ4n) is 2.62. The first-order valence-corrected chi connectivity index (χ1v) is 7.35. The third kappa shape index (κ3) is 2.87. The number of carbonyl (C=O) groups is 1. The van der Waals surface area contributed by atoms with Crippen LogP contribution in [0.25, 0.3) is 22.2 Å². The van der Waals surface area contributed by atoms with E-state index in [2.05, 4.69) is 4.98 Å². The van der Waals surface area contributed by atoms with E-state index in [1.54, 1.807) is 24.3 Å². The molecule has 2 aromatic carbocycles. The minimum atomic E-state index is -4.45. The molecule has 1 N–H and O–H groups in total. The van der Waals surface area contributed by atoms with Gasteiger partial charge in [0.1, 0.15) is 5.75 Å². The number of fused-ring (bicyclic) bond motifs is 1. The van der Waals surface area contributed by atoms with Crippen molar-refractivity contribution in [1.82, 2.24) is 4.98 Å². The van der Waals surface area contributed by atoms with Crippen LogP contribution in [0.15, 0.2) is 42.5 Å². The van der Waals surface area contributed by atoms with Crippen molar-refractivity contribution in [2.45, 2.75) is 13.1 Å². The molecule has 0 aliphatic carbocycles. The Labute approximate surface area is 136 Å². The summed E-state index contributed by atoms with van der Waals surface area (Å²) in [6.07, 6.45) is -3.88. The Morgan fingerprint density at radius 3 is 2.42 bits per heavy atom. The molecule has 124 valence electrons. The zero-order chi connectivity index (χ0) is 17.3. The van der Waals surface area contributed by atoms with Crippen LogP contribution in [0.1, 0.15) is 22.8 Å². The second-order valence-electron chi connectivity index (χ2n) is 5.25. The van der Waals surface area contributed by atoms with Crippen LogP contribution in [0, 0.1) is 0 Å². The van der Waals surface area contributed by atoms with Gasteiger partial charge < -0.3 is 9.72 Å². The Balaban J connectivity index is 2.12. The van der Waals surface area contributed by atoms with Crippen LogP contribution in [0.3, 0.4) is 0 Å². The molecule has 0 saturated carbocycles. The topological polar surface area (TPSA) is 42.1 Å². The molecule has 3 nitrogen and oxygen atoms in total. The fourth-order valence-corrected chi connectivity index (χ4v) is 2.62. The molecular formula is C18H14F3NO2. The summed E-state index contributed by atoms with van der Waals surface area (Å²) in [5.74, 6) is 0.685. The number of H-pyrrole nitrogens is 1. The van der Waals surface area contributed by atoms with Gasteiger partial charge in [0.15, 0.2) is 6.29 Å². The number of aromatic amines is 1. The quantitative estimate of drug-likeness (QED) is 0.678. The predicted octanol–water partition coefficient (Wildman–Crippen LogP) is 5.06. The molecule has 0 aliphatic heterocycles. The lowest BCUT2D eigenvalue weighted by Crippen LogP contribution is -2.04. The van der Waals surface area contributed by atoms with Crippen molar-refractivity contribution in [3.63, 3.8) is 0 Å². The molecule has 0 bridgehead atoms. The van der Waals surface area contributed by atoms with Crippen LogP contribution in [0.2, 0.25) is 0 Å². The van der Waals surface area contributed by atoms with E-state index in [0.29, 0.717) is 35.4 Å². The molecule has 0 aliphatic rings. The Bertz CT molecular complexity index is 880. The fraction of sp³-hybridized carbons (Fsp3) is 0.167. The third-order valence-corrected chi connectivity index (χ3v) is 3.74. The second-order valence-corrected chi connectivity index (χ2v) is 5.25. The van der Waals surface area contributed by atoms with Crippen molar-refractivity contribution in [1.29, 1.82) is 0 Å². The van der Waals surface area contributed by atoms with Crippen molar-refractivity contribution in [2.24, 2.45) is 0 Å². The van der Waals surface area contributed by atoms with Crippen LogP contribution in [-0.2, 0) is 6.18 Å². The van der Waals surface area contributed by atoms with Gasteiger partial charge >= 0.3 is 6.18 Å². The monoisotopic (exact) mass is 333 g/mol. The van der Waals surface area contributed by atoms with Gasteiger partial charge in [0.25, 0.3) is 0 Å². The van der Waals surface area contributed by atoms with Gasteiger partial charge in [-0.1, -0.05) is 0 Å². The van der Waals surface area contributed by atoms with E-state index < -0.39 is 11.7 Å². The molecule has 0 fully saturated rings. The summed E-state index contributed by atoms with van der Waals surface area (Å²) in [6.45, 7) is 2.40. The van der Waals surface area contributed by atoms with Crippen LogP contribution < -0.4 is 4.74 Å². The number of aldehydes is 1. The Hall–Kier alpha value is -2.76. The molecule has 3 rings (SSSR count). The number of ether oxygens (including phenoxy) is 1. The highest BCUT2D eigenvalue weighted by molar-refractivity contribution is 6.04. The maximum atomic E-state index is 12.9. The number of hydrogen-bond acceptors (Lipinski definition) is 2. The molecule has 0 radical (unpaired) electrons. The average Bonchev–Trinajstić information content (AvgIpc) is 2.92. The lowest BCUT2D eigenvalue weighted by atomic mass is 10.0. The smallest absolute Gasteiger partial charge is 0.416 e. The summed E-state index contributed by atoms with van der Waals surface area (Å²) in [4.78, 5) is 14.5. The van der Waals surface area contributed by atoms with Crippen molar-refractivity contribution in [2.75, 3.05) is 6.61 Å². The minimum absolute atomic E-state index is 0.209. The number of benzene rings is 2. The van der Waals surface area contributed by atoms with Crippen LogP contribution in [0.5, 0.6) is 5.75 Å². The Kier molecular flexibility index (Phi) is 4.05. The number of carbonyl (C=O) groups excluding carboxylic acids is 1. The highest BCUT2D eigenvalue weighted by atomic mass is 19.4. The van der Waals surface area contributed by atoms with Gasteiger partial charge in [-0.3, -0.25) is 4.79 Å². The van der Waals surface area contributed by atoms with Gasteiger partial charge in [-0.25, -0.2) is 0 Å². The zero-order valence-corrected chi connectivity index (χ0v) is 12.8. The first-order valence-electron chi connectivity index (χ1n) is 7.35. The largest absolute Gasteiger partial charge is 0.494 e. The second kappa shape index (κ2) is 6.03. The van der Waals surface area contributed by atoms with Crippen molar-refractivity contribution >= 4 is 17.2 Å². The van der Waals surface area contributed by atoms with E-state index in [0.717, 1.165) is 12.1 Å². The van der Waals surface area contributed by atoms with Gasteiger partial charge in [0.2, 0.25) is 0 Å². The molecule has 0 atom stereocenters. The normalized spacial score (nSPS) is 11.7. The molecule has 0 unspecified atom stereocenters. The van der Waals surface area contributed by atoms with Crippen LogP contribution in [-0.4, -0.2) is 17.9 Å². The summed E-state index contributed by atoms with van der Waals surface area (Å²) in [5, 5.41) is 0.253. The first kappa shape index (κ1) is 16.1. The highest BCUT2D eigenvalue weighted by Crippen LogP contribution is 2.35. The maximum Gasteiger partial charge on any atom is 0.416 e. The van der Waals surface area contributed by atoms with Gasteiger partial charge in [-0.15, -0.1) is 0 Å². The lowest BCUT2D eigenvalue weighted by Gasteiger charge is -2.06. The van der Waals surface area contributed by atoms with Crippen LogP contribution >= 0.6 is 0 Å². The summed E-state index contributed by atoms with van der Waals surface area (Å²) in [5.41, 5.74) is 1.09. The zero-order valence-electron chi connectivity index (χ0n) is 12.8. The third-order valence-electron chi connectivity index (χ3n) is 3.74. The van der Waals surface area contributed by atoms with Gasteiger partial charge in [-0.2, -0.15) is 13.2 Å². The summed E-state index contributed by atoms with van der Waals surface area (Å²) >= 11 is 0. The van der Waals surface area contributed by atoms with Crippen molar-refractivity contribution in [3.8, 4) is 17.0 Å². The molecule has 0 saturated heterocycles. The number of rotatable bonds is 4. The number of hydrogen-bond donors (Lipinski definition) is 1. The van der Waals surface area contributed by atoms with Gasteiger partial charge in [0, 0.05) is 16.5 Å². The molecule has 6 heteroatoms. The number of halogens is 3. The number of alkyl halides is 3. The van der Waals surface area contributed by atoms with Gasteiger partial charge in [-0.05, 0) is 55.0 Å². The van der Waals surface area contributed by atoms with E-state index in [9.17, 15) is 18.0 Å². The van der Waals surface area contributed by atoms with E-state index in [-0.39, 0.29) is 10.9 Å². The molecular weight excluding hydrogens is 319 g/mol. The first-order chi connectivity index (χ1) is 11.4. The molecule has 0 spiro atoms. The molecule has 1 aromatic heterocycles. The van der Waals surface area contributed by atoms with Gasteiger partial charge in [0.05, 0.1) is 17.9 Å². The summed E-state index contributed by atoms with van der Waals surface area (Å²) in [6, 6.07) is 10.3. The SMILES string of the molecule is CCOc1ccc(-c2[nH]c3ccc(C(F)(F)F)cc3c2C=O)cc1. The molecule has 24 heavy (non-hydrogen) atoms. The van der Waals surface area contributed by atoms with E-state index in [1.807, 2.05) is 6.92 Å². The summed E-state index contributed by atoms with van der Waals surface area (Å²) < 4.78 is 44.0. The number of nitrogens with one attached hydrogen (secondary N) is 1. The number of aromatic nitrogens is 1. The molecule has 0 amide bonds. The van der Waals surface area contributed by atoms with E-state index in [4.69, 9.17) is 4.74 Å². The van der Waals surface area contributed by atoms with Crippen molar-refractivity contribution < 1.29 is 22.7 Å². The van der Waals surface area contributed by atoms with E-state index >= 15 is 0 Å². The highest BCUT2D eigenvalue weighted by Gasteiger charge is 2.31. The van der Waals surface area contributed by atoms with E-state index in [1.165, 1.54) is 6.07 Å². The predicted molar refractivity (Wildman–Crippen MR) is 85.3 cm³/mol.